The third-order valence-corrected chi connectivity index (χ3v) is 6.49. The van der Waals surface area contributed by atoms with Crippen LogP contribution in [0.1, 0.15) is 11.5 Å². The van der Waals surface area contributed by atoms with Crippen LogP contribution in [0.3, 0.4) is 0 Å². The Morgan fingerprint density at radius 1 is 1.05 bits per heavy atom. The van der Waals surface area contributed by atoms with E-state index in [4.69, 9.17) is 11.6 Å². The van der Waals surface area contributed by atoms with Crippen molar-refractivity contribution in [2.75, 3.05) is 6.61 Å². The van der Waals surface area contributed by atoms with Gasteiger partial charge in [0.2, 0.25) is 0 Å². The highest BCUT2D eigenvalue weighted by atomic mass is 35.5. The highest BCUT2D eigenvalue weighted by Gasteiger charge is 2.58. The van der Waals surface area contributed by atoms with Crippen LogP contribution < -0.4 is 0 Å². The van der Waals surface area contributed by atoms with Gasteiger partial charge in [-0.1, -0.05) is 41.9 Å². The topological polar surface area (TPSA) is 54.4 Å². The maximum absolute atomic E-state index is 12.7. The molecule has 1 aliphatic carbocycles. The largest absolute Gasteiger partial charge is 0.396 e. The van der Waals surface area contributed by atoms with Gasteiger partial charge in [0, 0.05) is 23.5 Å². The number of benzene rings is 2. The van der Waals surface area contributed by atoms with E-state index in [0.717, 1.165) is 5.56 Å². The molecule has 0 bridgehead atoms. The molecule has 0 radical (unpaired) electrons. The fourth-order valence-electron chi connectivity index (χ4n) is 2.90. The van der Waals surface area contributed by atoms with Gasteiger partial charge < -0.3 is 5.11 Å². The van der Waals surface area contributed by atoms with Crippen LogP contribution >= 0.6 is 11.6 Å². The fourth-order valence-corrected chi connectivity index (χ4v) is 5.32. The molecule has 1 fully saturated rings. The molecule has 0 saturated heterocycles. The first-order valence-electron chi connectivity index (χ1n) is 6.71. The Kier molecular flexibility index (Phi) is 3.78. The summed E-state index contributed by atoms with van der Waals surface area (Å²) in [5, 5.41) is 9.49. The van der Waals surface area contributed by atoms with E-state index in [1.807, 2.05) is 6.07 Å². The van der Waals surface area contributed by atoms with Crippen LogP contribution in [0.5, 0.6) is 0 Å². The summed E-state index contributed by atoms with van der Waals surface area (Å²) in [6.45, 7) is -0.145. The summed E-state index contributed by atoms with van der Waals surface area (Å²) in [5.74, 6) is -0.465. The van der Waals surface area contributed by atoms with Gasteiger partial charge in [0.1, 0.15) is 0 Å². The van der Waals surface area contributed by atoms with Crippen molar-refractivity contribution in [2.24, 2.45) is 5.92 Å². The standard InChI is InChI=1S/C16H15ClO3S/c17-12-6-4-5-11(9-12)15-14(10-18)16(15)21(19,20)13-7-2-1-3-8-13/h1-9,14-16,18H,10H2/t14-,15-,16-/m1/s1. The maximum atomic E-state index is 12.7. The smallest absolute Gasteiger partial charge is 0.182 e. The minimum absolute atomic E-state index is 0.145. The van der Waals surface area contributed by atoms with Crippen molar-refractivity contribution in [1.29, 1.82) is 0 Å². The number of aliphatic hydroxyl groups excluding tert-OH is 1. The van der Waals surface area contributed by atoms with Crippen molar-refractivity contribution in [3.05, 3.63) is 65.2 Å². The van der Waals surface area contributed by atoms with Crippen LogP contribution in [0.2, 0.25) is 5.02 Å². The number of aliphatic hydroxyl groups is 1. The molecule has 0 heterocycles. The molecule has 2 aromatic rings. The summed E-state index contributed by atoms with van der Waals surface area (Å²) in [6, 6.07) is 15.6. The van der Waals surface area contributed by atoms with E-state index in [9.17, 15) is 13.5 Å². The predicted octanol–water partition coefficient (Wildman–Crippen LogP) is 2.89. The van der Waals surface area contributed by atoms with E-state index in [-0.39, 0.29) is 18.4 Å². The summed E-state index contributed by atoms with van der Waals surface area (Å²) in [7, 11) is -3.44. The molecule has 2 aromatic carbocycles. The SMILES string of the molecule is O=S(=O)(c1ccccc1)[C@@H]1[C@H](CO)[C@H]1c1cccc(Cl)c1. The summed E-state index contributed by atoms with van der Waals surface area (Å²) in [4.78, 5) is 0.304. The Labute approximate surface area is 129 Å². The molecule has 3 rings (SSSR count). The molecule has 21 heavy (non-hydrogen) atoms. The van der Waals surface area contributed by atoms with Gasteiger partial charge in [0.15, 0.2) is 9.84 Å². The zero-order chi connectivity index (χ0) is 15.0. The second-order valence-electron chi connectivity index (χ2n) is 5.25. The van der Waals surface area contributed by atoms with Gasteiger partial charge in [-0.15, -0.1) is 0 Å². The minimum Gasteiger partial charge on any atom is -0.396 e. The number of hydrogen-bond donors (Lipinski definition) is 1. The van der Waals surface area contributed by atoms with E-state index >= 15 is 0 Å². The van der Waals surface area contributed by atoms with E-state index in [1.54, 1.807) is 48.5 Å². The van der Waals surface area contributed by atoms with Gasteiger partial charge in [-0.05, 0) is 29.8 Å². The van der Waals surface area contributed by atoms with E-state index in [0.29, 0.717) is 9.92 Å². The maximum Gasteiger partial charge on any atom is 0.182 e. The fraction of sp³-hybridized carbons (Fsp3) is 0.250. The lowest BCUT2D eigenvalue weighted by molar-refractivity contribution is 0.274. The van der Waals surface area contributed by atoms with E-state index in [2.05, 4.69) is 0 Å². The molecule has 0 aromatic heterocycles. The lowest BCUT2D eigenvalue weighted by Crippen LogP contribution is -2.11. The summed E-state index contributed by atoms with van der Waals surface area (Å²) in [5.41, 5.74) is 0.867. The average Bonchev–Trinajstić information content (AvgIpc) is 3.23. The van der Waals surface area contributed by atoms with Crippen LogP contribution in [-0.4, -0.2) is 25.4 Å². The van der Waals surface area contributed by atoms with Crippen LogP contribution in [0, 0.1) is 5.92 Å². The molecule has 5 heteroatoms. The quantitative estimate of drug-likeness (QED) is 0.941. The average molecular weight is 323 g/mol. The van der Waals surface area contributed by atoms with Crippen molar-refractivity contribution < 1.29 is 13.5 Å². The van der Waals surface area contributed by atoms with Crippen LogP contribution in [0.4, 0.5) is 0 Å². The summed E-state index contributed by atoms with van der Waals surface area (Å²) in [6.07, 6.45) is 0. The van der Waals surface area contributed by atoms with Gasteiger partial charge in [-0.3, -0.25) is 0 Å². The van der Waals surface area contributed by atoms with Gasteiger partial charge in [0.05, 0.1) is 10.1 Å². The first-order valence-corrected chi connectivity index (χ1v) is 8.63. The van der Waals surface area contributed by atoms with Crippen LogP contribution in [0.25, 0.3) is 0 Å². The molecule has 0 amide bonds. The van der Waals surface area contributed by atoms with Gasteiger partial charge >= 0.3 is 0 Å². The number of rotatable bonds is 4. The third kappa shape index (κ3) is 2.59. The lowest BCUT2D eigenvalue weighted by Gasteiger charge is -2.04. The van der Waals surface area contributed by atoms with Crippen molar-refractivity contribution in [3.8, 4) is 0 Å². The van der Waals surface area contributed by atoms with Crippen LogP contribution in [0.15, 0.2) is 59.5 Å². The molecule has 0 unspecified atom stereocenters. The first-order chi connectivity index (χ1) is 10.1. The molecular weight excluding hydrogens is 308 g/mol. The number of hydrogen-bond acceptors (Lipinski definition) is 3. The normalized spacial score (nSPS) is 24.8. The van der Waals surface area contributed by atoms with Crippen LogP contribution in [-0.2, 0) is 9.84 Å². The summed E-state index contributed by atoms with van der Waals surface area (Å²) >= 11 is 5.97. The molecule has 3 atom stereocenters. The van der Waals surface area contributed by atoms with Gasteiger partial charge in [0.25, 0.3) is 0 Å². The highest BCUT2D eigenvalue weighted by Crippen LogP contribution is 2.53. The highest BCUT2D eigenvalue weighted by molar-refractivity contribution is 7.92. The molecule has 3 nitrogen and oxygen atoms in total. The van der Waals surface area contributed by atoms with Crippen molar-refractivity contribution in [2.45, 2.75) is 16.1 Å². The first kappa shape index (κ1) is 14.6. The summed E-state index contributed by atoms with van der Waals surface area (Å²) < 4.78 is 25.4. The number of sulfone groups is 1. The van der Waals surface area contributed by atoms with E-state index in [1.165, 1.54) is 0 Å². The van der Waals surface area contributed by atoms with Crippen molar-refractivity contribution in [1.82, 2.24) is 0 Å². The monoisotopic (exact) mass is 322 g/mol. The van der Waals surface area contributed by atoms with Crippen molar-refractivity contribution in [3.63, 3.8) is 0 Å². The molecule has 1 N–H and O–H groups in total. The molecule has 110 valence electrons. The van der Waals surface area contributed by atoms with Gasteiger partial charge in [-0.25, -0.2) is 8.42 Å². The lowest BCUT2D eigenvalue weighted by atomic mass is 10.1. The zero-order valence-corrected chi connectivity index (χ0v) is 12.8. The minimum atomic E-state index is -3.44. The Hall–Kier alpha value is -1.36. The zero-order valence-electron chi connectivity index (χ0n) is 11.2. The Balaban J connectivity index is 1.96. The Bertz CT molecular complexity index is 743. The Morgan fingerprint density at radius 2 is 1.76 bits per heavy atom. The molecular formula is C16H15ClO3S. The molecule has 0 spiro atoms. The molecule has 1 aliphatic rings. The second kappa shape index (κ2) is 5.44. The molecule has 1 saturated carbocycles. The number of halogens is 1. The second-order valence-corrected chi connectivity index (χ2v) is 7.79. The van der Waals surface area contributed by atoms with Gasteiger partial charge in [-0.2, -0.15) is 0 Å². The predicted molar refractivity (Wildman–Crippen MR) is 82.2 cm³/mol. The Morgan fingerprint density at radius 3 is 2.38 bits per heavy atom. The van der Waals surface area contributed by atoms with Crippen molar-refractivity contribution >= 4 is 21.4 Å². The molecule has 0 aliphatic heterocycles. The van der Waals surface area contributed by atoms with E-state index < -0.39 is 15.1 Å². The third-order valence-electron chi connectivity index (χ3n) is 3.97.